The van der Waals surface area contributed by atoms with Gasteiger partial charge in [0, 0.05) is 23.6 Å². The molecule has 5 rings (SSSR count). The van der Waals surface area contributed by atoms with Gasteiger partial charge in [-0.25, -0.2) is 14.4 Å². The number of nitrogens with one attached hydrogen (secondary N) is 1. The Labute approximate surface area is 212 Å². The Bertz CT molecular complexity index is 1550. The van der Waals surface area contributed by atoms with Crippen molar-refractivity contribution in [2.24, 2.45) is 10.2 Å². The van der Waals surface area contributed by atoms with E-state index in [1.807, 2.05) is 55.5 Å². The van der Waals surface area contributed by atoms with Crippen LogP contribution < -0.4 is 5.32 Å². The van der Waals surface area contributed by atoms with Gasteiger partial charge in [-0.05, 0) is 66.1 Å². The number of benzene rings is 2. The van der Waals surface area contributed by atoms with Gasteiger partial charge in [-0.3, -0.25) is 9.97 Å². The van der Waals surface area contributed by atoms with E-state index in [0.717, 1.165) is 34.3 Å². The van der Waals surface area contributed by atoms with E-state index in [2.05, 4.69) is 35.5 Å². The summed E-state index contributed by atoms with van der Waals surface area (Å²) in [5, 5.41) is 21.1. The highest BCUT2D eigenvalue weighted by Gasteiger charge is 2.11. The maximum atomic E-state index is 14.3. The Morgan fingerprint density at radius 1 is 0.892 bits per heavy atom. The first-order valence-corrected chi connectivity index (χ1v) is 11.5. The van der Waals surface area contributed by atoms with Crippen molar-refractivity contribution in [3.63, 3.8) is 0 Å². The van der Waals surface area contributed by atoms with Crippen molar-refractivity contribution in [3.8, 4) is 28.1 Å². The number of hydrogen-bond acceptors (Lipinski definition) is 8. The molecule has 0 fully saturated rings. The van der Waals surface area contributed by atoms with Gasteiger partial charge in [-0.1, -0.05) is 24.3 Å². The van der Waals surface area contributed by atoms with Crippen LogP contribution in [0.15, 0.2) is 102 Å². The summed E-state index contributed by atoms with van der Waals surface area (Å²) in [6.07, 6.45) is 6.04. The Morgan fingerprint density at radius 2 is 1.73 bits per heavy atom. The summed E-state index contributed by atoms with van der Waals surface area (Å²) in [7, 11) is 0. The number of rotatable bonds is 7. The second-order valence-corrected chi connectivity index (χ2v) is 8.25. The van der Waals surface area contributed by atoms with Crippen LogP contribution in [0.4, 0.5) is 21.7 Å². The molecule has 0 aliphatic carbocycles. The molecular weight excluding hydrogens is 469 g/mol. The molecule has 2 N–H and O–H groups in total. The number of anilines is 2. The summed E-state index contributed by atoms with van der Waals surface area (Å²) in [4.78, 5) is 16.6. The van der Waals surface area contributed by atoms with Gasteiger partial charge >= 0.3 is 0 Å². The minimum Gasteiger partial charge on any atom is -0.508 e. The number of halogens is 1. The van der Waals surface area contributed by atoms with Crippen LogP contribution in [0.25, 0.3) is 22.4 Å². The fourth-order valence-electron chi connectivity index (χ4n) is 3.70. The quantitative estimate of drug-likeness (QED) is 0.243. The van der Waals surface area contributed by atoms with E-state index in [4.69, 9.17) is 0 Å². The number of aromatic nitrogens is 4. The topological polar surface area (TPSA) is 109 Å². The molecule has 182 valence electrons. The zero-order valence-electron chi connectivity index (χ0n) is 19.9. The fourth-order valence-corrected chi connectivity index (χ4v) is 3.70. The first-order valence-electron chi connectivity index (χ1n) is 11.5. The number of aromatic hydroxyl groups is 1. The molecule has 5 aromatic rings. The molecule has 0 bridgehead atoms. The monoisotopic (exact) mass is 491 g/mol. The predicted octanol–water partition coefficient (Wildman–Crippen LogP) is 6.78. The zero-order valence-corrected chi connectivity index (χ0v) is 19.9. The van der Waals surface area contributed by atoms with Crippen molar-refractivity contribution in [3.05, 3.63) is 109 Å². The van der Waals surface area contributed by atoms with Crippen LogP contribution in [0, 0.1) is 12.7 Å². The van der Waals surface area contributed by atoms with Crippen LogP contribution >= 0.6 is 0 Å². The predicted molar refractivity (Wildman–Crippen MR) is 139 cm³/mol. The highest BCUT2D eigenvalue weighted by molar-refractivity contribution is 5.69. The van der Waals surface area contributed by atoms with Gasteiger partial charge in [-0.2, -0.15) is 5.11 Å². The summed E-state index contributed by atoms with van der Waals surface area (Å²) >= 11 is 0. The highest BCUT2D eigenvalue weighted by atomic mass is 19.1. The van der Waals surface area contributed by atoms with E-state index in [-0.39, 0.29) is 23.9 Å². The van der Waals surface area contributed by atoms with Crippen molar-refractivity contribution in [1.29, 1.82) is 0 Å². The molecule has 0 atom stereocenters. The standard InChI is InChI=1S/C28H22FN7O/c1-18-14-30-12-11-25(18)27-26(29)17-32-28(35-27)36-33-16-22-9-10-23(15-31-22)34-21-7-5-19(6-8-21)20-3-2-4-24(37)13-20/h2-15,17,34,37H,16H2,1H3. The molecule has 0 aliphatic heterocycles. The Hall–Kier alpha value is -5.05. The Balaban J connectivity index is 1.21. The van der Waals surface area contributed by atoms with Crippen LogP contribution in [-0.2, 0) is 6.54 Å². The van der Waals surface area contributed by atoms with Gasteiger partial charge < -0.3 is 10.4 Å². The minimum absolute atomic E-state index is 0.0695. The maximum Gasteiger partial charge on any atom is 0.269 e. The zero-order chi connectivity index (χ0) is 25.6. The van der Waals surface area contributed by atoms with E-state index in [9.17, 15) is 9.50 Å². The molecule has 0 saturated carbocycles. The summed E-state index contributed by atoms with van der Waals surface area (Å²) in [6.45, 7) is 2.06. The number of hydrogen-bond donors (Lipinski definition) is 2. The van der Waals surface area contributed by atoms with Crippen LogP contribution in [0.5, 0.6) is 5.75 Å². The summed E-state index contributed by atoms with van der Waals surface area (Å²) in [6, 6.07) is 20.5. The SMILES string of the molecule is Cc1cnccc1-c1nc(N=NCc2ccc(Nc3ccc(-c4cccc(O)c4)cc3)cn2)ncc1F. The number of phenolic OH excluding ortho intramolecular Hbond substituents is 1. The lowest BCUT2D eigenvalue weighted by molar-refractivity contribution is 0.475. The third kappa shape index (κ3) is 5.79. The van der Waals surface area contributed by atoms with Crippen molar-refractivity contribution in [2.45, 2.75) is 13.5 Å². The molecule has 9 heteroatoms. The second-order valence-electron chi connectivity index (χ2n) is 8.25. The summed E-state index contributed by atoms with van der Waals surface area (Å²) in [5.74, 6) is -0.229. The molecule has 8 nitrogen and oxygen atoms in total. The van der Waals surface area contributed by atoms with Gasteiger partial charge in [0.1, 0.15) is 18.0 Å². The smallest absolute Gasteiger partial charge is 0.269 e. The van der Waals surface area contributed by atoms with E-state index in [0.29, 0.717) is 11.3 Å². The van der Waals surface area contributed by atoms with Gasteiger partial charge in [0.2, 0.25) is 0 Å². The largest absolute Gasteiger partial charge is 0.508 e. The average molecular weight is 492 g/mol. The molecule has 0 radical (unpaired) electrons. The van der Waals surface area contributed by atoms with E-state index in [1.165, 1.54) is 0 Å². The third-order valence-electron chi connectivity index (χ3n) is 5.58. The molecule has 3 heterocycles. The van der Waals surface area contributed by atoms with E-state index in [1.54, 1.807) is 36.8 Å². The molecule has 0 aliphatic rings. The summed E-state index contributed by atoms with van der Waals surface area (Å²) < 4.78 is 14.3. The molecular formula is C28H22FN7O. The van der Waals surface area contributed by atoms with Crippen molar-refractivity contribution >= 4 is 17.3 Å². The normalized spacial score (nSPS) is 11.1. The number of aryl methyl sites for hydroxylation is 1. The summed E-state index contributed by atoms with van der Waals surface area (Å²) in [5.41, 5.74) is 5.98. The van der Waals surface area contributed by atoms with Crippen LogP contribution in [0.2, 0.25) is 0 Å². The molecule has 0 saturated heterocycles. The molecule has 0 amide bonds. The number of nitrogens with zero attached hydrogens (tertiary/aromatic N) is 6. The molecule has 37 heavy (non-hydrogen) atoms. The molecule has 0 unspecified atom stereocenters. The van der Waals surface area contributed by atoms with Gasteiger partial charge in [0.05, 0.1) is 23.8 Å². The molecule has 0 spiro atoms. The van der Waals surface area contributed by atoms with E-state index >= 15 is 0 Å². The number of phenols is 1. The second kappa shape index (κ2) is 10.7. The first-order chi connectivity index (χ1) is 18.0. The third-order valence-corrected chi connectivity index (χ3v) is 5.58. The van der Waals surface area contributed by atoms with Crippen LogP contribution in [0.3, 0.4) is 0 Å². The lowest BCUT2D eigenvalue weighted by atomic mass is 10.1. The lowest BCUT2D eigenvalue weighted by Crippen LogP contribution is -1.95. The van der Waals surface area contributed by atoms with E-state index < -0.39 is 5.82 Å². The highest BCUT2D eigenvalue weighted by Crippen LogP contribution is 2.26. The van der Waals surface area contributed by atoms with Gasteiger partial charge in [0.15, 0.2) is 5.82 Å². The molecule has 3 aromatic heterocycles. The Morgan fingerprint density at radius 3 is 2.49 bits per heavy atom. The first kappa shape index (κ1) is 23.7. The van der Waals surface area contributed by atoms with Crippen LogP contribution in [-0.4, -0.2) is 25.0 Å². The van der Waals surface area contributed by atoms with Crippen molar-refractivity contribution in [2.75, 3.05) is 5.32 Å². The van der Waals surface area contributed by atoms with Crippen molar-refractivity contribution < 1.29 is 9.50 Å². The average Bonchev–Trinajstić information content (AvgIpc) is 2.91. The Kier molecular flexibility index (Phi) is 6.84. The number of pyridine rings is 2. The molecule has 2 aromatic carbocycles. The maximum absolute atomic E-state index is 14.3. The fraction of sp³-hybridized carbons (Fsp3) is 0.0714. The lowest BCUT2D eigenvalue weighted by Gasteiger charge is -2.08. The van der Waals surface area contributed by atoms with Gasteiger partial charge in [0.25, 0.3) is 5.95 Å². The number of azo groups is 1. The minimum atomic E-state index is -0.535. The van der Waals surface area contributed by atoms with Gasteiger partial charge in [-0.15, -0.1) is 5.11 Å². The van der Waals surface area contributed by atoms with Crippen LogP contribution in [0.1, 0.15) is 11.3 Å². The van der Waals surface area contributed by atoms with Crippen molar-refractivity contribution in [1.82, 2.24) is 19.9 Å².